The summed E-state index contributed by atoms with van der Waals surface area (Å²) in [6.45, 7) is 2.08. The van der Waals surface area contributed by atoms with Gasteiger partial charge in [-0.25, -0.2) is 8.78 Å². The van der Waals surface area contributed by atoms with E-state index in [9.17, 15) is 8.78 Å². The monoisotopic (exact) mass is 218 g/mol. The van der Waals surface area contributed by atoms with Crippen LogP contribution in [0.3, 0.4) is 0 Å². The molecule has 80 valence electrons. The van der Waals surface area contributed by atoms with Crippen LogP contribution in [-0.4, -0.2) is 0 Å². The molecule has 0 aromatic carbocycles. The Balaban J connectivity index is 2.35. The summed E-state index contributed by atoms with van der Waals surface area (Å²) in [7, 11) is 0. The highest BCUT2D eigenvalue weighted by atomic mass is 32.1. The highest BCUT2D eigenvalue weighted by Gasteiger charge is 2.30. The quantitative estimate of drug-likeness (QED) is 0.601. The Morgan fingerprint density at radius 3 is 2.64 bits per heavy atom. The lowest BCUT2D eigenvalue weighted by molar-refractivity contribution is -0.0153. The van der Waals surface area contributed by atoms with Gasteiger partial charge in [-0.3, -0.25) is 0 Å². The van der Waals surface area contributed by atoms with Crippen molar-refractivity contribution >= 4 is 11.3 Å². The summed E-state index contributed by atoms with van der Waals surface area (Å²) in [5.41, 5.74) is 0.180. The van der Waals surface area contributed by atoms with Crippen molar-refractivity contribution in [3.05, 3.63) is 22.4 Å². The molecule has 3 heteroatoms. The van der Waals surface area contributed by atoms with Gasteiger partial charge in [0.25, 0.3) is 5.92 Å². The van der Waals surface area contributed by atoms with E-state index in [1.54, 1.807) is 10.8 Å². The first-order valence-corrected chi connectivity index (χ1v) is 6.01. The molecule has 0 radical (unpaired) electrons. The lowest BCUT2D eigenvalue weighted by atomic mass is 10.0. The molecule has 0 atom stereocenters. The molecular weight excluding hydrogens is 202 g/mol. The largest absolute Gasteiger partial charge is 0.274 e. The minimum absolute atomic E-state index is 0.0102. The van der Waals surface area contributed by atoms with E-state index >= 15 is 0 Å². The number of unbranched alkanes of at least 4 members (excludes halogenated alkanes) is 3. The van der Waals surface area contributed by atoms with E-state index in [1.165, 1.54) is 17.4 Å². The minimum atomic E-state index is -2.62. The van der Waals surface area contributed by atoms with Gasteiger partial charge in [-0.1, -0.05) is 26.2 Å². The summed E-state index contributed by atoms with van der Waals surface area (Å²) >= 11 is 1.33. The average Bonchev–Trinajstić information content (AvgIpc) is 2.65. The SMILES string of the molecule is CCCCCCC(F)(F)c1ccsc1. The maximum Gasteiger partial charge on any atom is 0.274 e. The lowest BCUT2D eigenvalue weighted by Crippen LogP contribution is -2.11. The topological polar surface area (TPSA) is 0 Å². The number of rotatable bonds is 6. The van der Waals surface area contributed by atoms with Crippen LogP contribution >= 0.6 is 11.3 Å². The molecule has 0 aliphatic carbocycles. The Kier molecular flexibility index (Phi) is 4.52. The molecule has 0 saturated heterocycles. The summed E-state index contributed by atoms with van der Waals surface area (Å²) in [5.74, 6) is -2.62. The molecule has 1 aromatic rings. The summed E-state index contributed by atoms with van der Waals surface area (Å²) in [5, 5.41) is 3.25. The van der Waals surface area contributed by atoms with Crippen molar-refractivity contribution in [1.82, 2.24) is 0 Å². The molecule has 1 aromatic heterocycles. The summed E-state index contributed by atoms with van der Waals surface area (Å²) in [4.78, 5) is 0. The van der Waals surface area contributed by atoms with E-state index in [0.717, 1.165) is 19.3 Å². The predicted octanol–water partition coefficient (Wildman–Crippen LogP) is 4.81. The van der Waals surface area contributed by atoms with Crippen molar-refractivity contribution in [1.29, 1.82) is 0 Å². The van der Waals surface area contributed by atoms with Crippen LogP contribution in [0.2, 0.25) is 0 Å². The van der Waals surface area contributed by atoms with Gasteiger partial charge < -0.3 is 0 Å². The van der Waals surface area contributed by atoms with E-state index in [2.05, 4.69) is 6.92 Å². The van der Waals surface area contributed by atoms with Gasteiger partial charge in [-0.2, -0.15) is 11.3 Å². The van der Waals surface area contributed by atoms with E-state index in [1.807, 2.05) is 0 Å². The third-order valence-electron chi connectivity index (χ3n) is 2.29. The first kappa shape index (κ1) is 11.6. The highest BCUT2D eigenvalue weighted by Crippen LogP contribution is 2.34. The molecule has 0 aliphatic heterocycles. The van der Waals surface area contributed by atoms with Crippen molar-refractivity contribution in [2.24, 2.45) is 0 Å². The van der Waals surface area contributed by atoms with Crippen LogP contribution in [0, 0.1) is 0 Å². The van der Waals surface area contributed by atoms with Crippen molar-refractivity contribution < 1.29 is 8.78 Å². The van der Waals surface area contributed by atoms with Crippen molar-refractivity contribution in [3.8, 4) is 0 Å². The highest BCUT2D eigenvalue weighted by molar-refractivity contribution is 7.08. The number of halogens is 2. The fourth-order valence-corrected chi connectivity index (χ4v) is 2.09. The third kappa shape index (κ3) is 3.37. The standard InChI is InChI=1S/C11H16F2S/c1-2-3-4-5-7-11(12,13)10-6-8-14-9-10/h6,8-9H,2-5,7H2,1H3. The molecule has 0 fully saturated rings. The van der Waals surface area contributed by atoms with Gasteiger partial charge in [0.2, 0.25) is 0 Å². The van der Waals surface area contributed by atoms with E-state index in [4.69, 9.17) is 0 Å². The molecule has 1 rings (SSSR count). The second kappa shape index (κ2) is 5.44. The van der Waals surface area contributed by atoms with Crippen molar-refractivity contribution in [2.45, 2.75) is 45.0 Å². The van der Waals surface area contributed by atoms with Gasteiger partial charge in [0.1, 0.15) is 0 Å². The van der Waals surface area contributed by atoms with Crippen LogP contribution in [0.15, 0.2) is 16.8 Å². The van der Waals surface area contributed by atoms with Gasteiger partial charge in [-0.05, 0) is 23.2 Å². The van der Waals surface area contributed by atoms with Gasteiger partial charge in [0, 0.05) is 12.0 Å². The normalized spacial score (nSPS) is 11.9. The van der Waals surface area contributed by atoms with Crippen LogP contribution in [0.4, 0.5) is 8.78 Å². The van der Waals surface area contributed by atoms with Crippen LogP contribution in [0.1, 0.15) is 44.6 Å². The average molecular weight is 218 g/mol. The number of hydrogen-bond acceptors (Lipinski definition) is 1. The van der Waals surface area contributed by atoms with E-state index < -0.39 is 5.92 Å². The Morgan fingerprint density at radius 2 is 2.07 bits per heavy atom. The van der Waals surface area contributed by atoms with E-state index in [0.29, 0.717) is 6.42 Å². The molecule has 0 unspecified atom stereocenters. The second-order valence-electron chi connectivity index (χ2n) is 3.53. The van der Waals surface area contributed by atoms with Gasteiger partial charge in [-0.15, -0.1) is 0 Å². The zero-order chi connectivity index (χ0) is 10.4. The molecule has 1 heterocycles. The van der Waals surface area contributed by atoms with Crippen LogP contribution in [-0.2, 0) is 5.92 Å². The van der Waals surface area contributed by atoms with E-state index in [-0.39, 0.29) is 12.0 Å². The molecule has 0 saturated carbocycles. The minimum Gasteiger partial charge on any atom is -0.201 e. The molecule has 14 heavy (non-hydrogen) atoms. The summed E-state index contributed by atoms with van der Waals surface area (Å²) in [6, 6.07) is 1.52. The Morgan fingerprint density at radius 1 is 1.29 bits per heavy atom. The third-order valence-corrected chi connectivity index (χ3v) is 2.97. The lowest BCUT2D eigenvalue weighted by Gasteiger charge is -2.14. The van der Waals surface area contributed by atoms with Crippen molar-refractivity contribution in [3.63, 3.8) is 0 Å². The molecule has 0 N–H and O–H groups in total. The smallest absolute Gasteiger partial charge is 0.201 e. The zero-order valence-electron chi connectivity index (χ0n) is 8.43. The number of hydrogen-bond donors (Lipinski definition) is 0. The molecule has 0 spiro atoms. The Bertz CT molecular complexity index is 242. The van der Waals surface area contributed by atoms with Gasteiger partial charge >= 0.3 is 0 Å². The first-order valence-electron chi connectivity index (χ1n) is 5.07. The van der Waals surface area contributed by atoms with Gasteiger partial charge in [0.05, 0.1) is 0 Å². The van der Waals surface area contributed by atoms with Crippen molar-refractivity contribution in [2.75, 3.05) is 0 Å². The van der Waals surface area contributed by atoms with Crippen LogP contribution in [0.5, 0.6) is 0 Å². The zero-order valence-corrected chi connectivity index (χ0v) is 9.25. The second-order valence-corrected chi connectivity index (χ2v) is 4.31. The van der Waals surface area contributed by atoms with Gasteiger partial charge in [0.15, 0.2) is 0 Å². The molecule has 0 bridgehead atoms. The Hall–Kier alpha value is -0.440. The van der Waals surface area contributed by atoms with Crippen LogP contribution < -0.4 is 0 Å². The molecule has 0 nitrogen and oxygen atoms in total. The first-order chi connectivity index (χ1) is 6.67. The summed E-state index contributed by atoms with van der Waals surface area (Å²) < 4.78 is 26.8. The molecular formula is C11H16F2S. The maximum atomic E-state index is 13.4. The predicted molar refractivity (Wildman–Crippen MR) is 57.0 cm³/mol. The Labute approximate surface area is 88.0 Å². The fourth-order valence-electron chi connectivity index (χ4n) is 1.39. The fraction of sp³-hybridized carbons (Fsp3) is 0.636. The van der Waals surface area contributed by atoms with Crippen LogP contribution in [0.25, 0.3) is 0 Å². The number of thiophene rings is 1. The maximum absolute atomic E-state index is 13.4. The number of alkyl halides is 2. The summed E-state index contributed by atoms with van der Waals surface area (Å²) in [6.07, 6.45) is 3.67. The molecule has 0 aliphatic rings. The molecule has 0 amide bonds.